The van der Waals surface area contributed by atoms with Gasteiger partial charge in [0.25, 0.3) is 5.88 Å². The average Bonchev–Trinajstić information content (AvgIpc) is 2.34. The van der Waals surface area contributed by atoms with Gasteiger partial charge in [0.05, 0.1) is 0 Å². The van der Waals surface area contributed by atoms with Gasteiger partial charge in [0.1, 0.15) is 0 Å². The quantitative estimate of drug-likeness (QED) is 0.867. The highest BCUT2D eigenvalue weighted by Crippen LogP contribution is 2.32. The van der Waals surface area contributed by atoms with Gasteiger partial charge in [-0.1, -0.05) is 0 Å². The highest BCUT2D eigenvalue weighted by atomic mass is 19.3. The van der Waals surface area contributed by atoms with Gasteiger partial charge in [-0.2, -0.15) is 8.78 Å². The second kappa shape index (κ2) is 5.47. The van der Waals surface area contributed by atoms with Crippen molar-refractivity contribution in [1.82, 2.24) is 4.98 Å². The van der Waals surface area contributed by atoms with Crippen LogP contribution < -0.4 is 15.2 Å². The number of nitrogen functional groups attached to an aromatic ring is 1. The molecule has 1 heterocycles. The number of pyridine rings is 1. The van der Waals surface area contributed by atoms with E-state index in [1.165, 1.54) is 30.5 Å². The summed E-state index contributed by atoms with van der Waals surface area (Å²) in [5.41, 5.74) is 5.61. The standard InChI is InChI=1S/C12H9F3N2O2/c13-8-6-7(16)3-4-9(8)18-10-2-1-5-17-11(10)19-12(14)15/h1-6,12H,16H2. The minimum atomic E-state index is -3.05. The number of hydrogen-bond donors (Lipinski definition) is 1. The van der Waals surface area contributed by atoms with Crippen molar-refractivity contribution < 1.29 is 22.6 Å². The first-order valence-electron chi connectivity index (χ1n) is 5.19. The van der Waals surface area contributed by atoms with Crippen molar-refractivity contribution in [2.75, 3.05) is 5.73 Å². The van der Waals surface area contributed by atoms with E-state index >= 15 is 0 Å². The zero-order valence-corrected chi connectivity index (χ0v) is 9.52. The summed E-state index contributed by atoms with van der Waals surface area (Å²) in [6.07, 6.45) is 1.25. The Labute approximate surface area is 106 Å². The maximum absolute atomic E-state index is 13.5. The average molecular weight is 270 g/mol. The van der Waals surface area contributed by atoms with Crippen LogP contribution in [0.3, 0.4) is 0 Å². The molecule has 19 heavy (non-hydrogen) atoms. The largest absolute Gasteiger partial charge is 0.449 e. The van der Waals surface area contributed by atoms with E-state index in [0.29, 0.717) is 0 Å². The molecule has 7 heteroatoms. The summed E-state index contributed by atoms with van der Waals surface area (Å²) in [5.74, 6) is -1.42. The van der Waals surface area contributed by atoms with E-state index in [2.05, 4.69) is 9.72 Å². The molecular formula is C12H9F3N2O2. The Kier molecular flexibility index (Phi) is 3.74. The fourth-order valence-corrected chi connectivity index (χ4v) is 1.34. The third kappa shape index (κ3) is 3.27. The summed E-state index contributed by atoms with van der Waals surface area (Å²) < 4.78 is 47.2. The second-order valence-electron chi connectivity index (χ2n) is 3.48. The first kappa shape index (κ1) is 13.0. The van der Waals surface area contributed by atoms with Gasteiger partial charge in [-0.15, -0.1) is 0 Å². The van der Waals surface area contributed by atoms with Crippen LogP contribution >= 0.6 is 0 Å². The number of hydrogen-bond acceptors (Lipinski definition) is 4. The highest BCUT2D eigenvalue weighted by Gasteiger charge is 2.14. The van der Waals surface area contributed by atoms with Gasteiger partial charge >= 0.3 is 6.61 Å². The summed E-state index contributed by atoms with van der Waals surface area (Å²) in [6, 6.07) is 6.54. The molecule has 4 nitrogen and oxygen atoms in total. The van der Waals surface area contributed by atoms with Crippen molar-refractivity contribution in [2.45, 2.75) is 6.61 Å². The van der Waals surface area contributed by atoms with Crippen molar-refractivity contribution >= 4 is 5.69 Å². The number of ether oxygens (including phenoxy) is 2. The predicted octanol–water partition coefficient (Wildman–Crippen LogP) is 3.20. The van der Waals surface area contributed by atoms with Gasteiger partial charge in [0.15, 0.2) is 17.3 Å². The third-order valence-electron chi connectivity index (χ3n) is 2.11. The molecule has 0 amide bonds. The Balaban J connectivity index is 2.27. The Morgan fingerprint density at radius 3 is 2.63 bits per heavy atom. The van der Waals surface area contributed by atoms with Crippen LogP contribution in [0.25, 0.3) is 0 Å². The fraction of sp³-hybridized carbons (Fsp3) is 0.0833. The number of nitrogens with two attached hydrogens (primary N) is 1. The molecule has 0 saturated heterocycles. The normalized spacial score (nSPS) is 10.5. The molecule has 0 aliphatic heterocycles. The van der Waals surface area contributed by atoms with E-state index in [0.717, 1.165) is 6.07 Å². The van der Waals surface area contributed by atoms with E-state index in [-0.39, 0.29) is 17.2 Å². The van der Waals surface area contributed by atoms with Gasteiger partial charge in [0, 0.05) is 18.0 Å². The van der Waals surface area contributed by atoms with Crippen LogP contribution in [0.15, 0.2) is 36.5 Å². The fourth-order valence-electron chi connectivity index (χ4n) is 1.34. The summed E-state index contributed by atoms with van der Waals surface area (Å²) >= 11 is 0. The van der Waals surface area contributed by atoms with Gasteiger partial charge < -0.3 is 15.2 Å². The zero-order chi connectivity index (χ0) is 13.8. The molecule has 2 N–H and O–H groups in total. The molecule has 0 atom stereocenters. The molecule has 0 aliphatic carbocycles. The highest BCUT2D eigenvalue weighted by molar-refractivity contribution is 5.45. The van der Waals surface area contributed by atoms with Gasteiger partial charge in [-0.05, 0) is 24.3 Å². The molecular weight excluding hydrogens is 261 g/mol. The van der Waals surface area contributed by atoms with Gasteiger partial charge in [-0.25, -0.2) is 9.37 Å². The van der Waals surface area contributed by atoms with E-state index in [1.807, 2.05) is 0 Å². The Bertz CT molecular complexity index is 579. The lowest BCUT2D eigenvalue weighted by Gasteiger charge is -2.11. The third-order valence-corrected chi connectivity index (χ3v) is 2.11. The number of aromatic nitrogens is 1. The molecule has 0 radical (unpaired) electrons. The SMILES string of the molecule is Nc1ccc(Oc2cccnc2OC(F)F)c(F)c1. The number of rotatable bonds is 4. The van der Waals surface area contributed by atoms with Crippen molar-refractivity contribution in [3.63, 3.8) is 0 Å². The van der Waals surface area contributed by atoms with E-state index in [4.69, 9.17) is 10.5 Å². The van der Waals surface area contributed by atoms with Crippen LogP contribution in [-0.2, 0) is 0 Å². The van der Waals surface area contributed by atoms with E-state index in [9.17, 15) is 13.2 Å². The zero-order valence-electron chi connectivity index (χ0n) is 9.52. The molecule has 0 aliphatic rings. The van der Waals surface area contributed by atoms with Crippen LogP contribution in [0.1, 0.15) is 0 Å². The number of benzene rings is 1. The first-order chi connectivity index (χ1) is 9.06. The van der Waals surface area contributed by atoms with Crippen LogP contribution in [0.4, 0.5) is 18.9 Å². The second-order valence-corrected chi connectivity index (χ2v) is 3.48. The van der Waals surface area contributed by atoms with E-state index < -0.39 is 18.3 Å². The number of anilines is 1. The number of nitrogens with zero attached hydrogens (tertiary/aromatic N) is 1. The van der Waals surface area contributed by atoms with E-state index in [1.54, 1.807) is 0 Å². The smallest absolute Gasteiger partial charge is 0.388 e. The van der Waals surface area contributed by atoms with Crippen LogP contribution in [0.5, 0.6) is 17.4 Å². The van der Waals surface area contributed by atoms with Crippen LogP contribution in [-0.4, -0.2) is 11.6 Å². The molecule has 2 rings (SSSR count). The molecule has 2 aromatic rings. The van der Waals surface area contributed by atoms with Crippen molar-refractivity contribution in [3.8, 4) is 17.4 Å². The summed E-state index contributed by atoms with van der Waals surface area (Å²) in [6.45, 7) is -3.05. The molecule has 1 aromatic carbocycles. The summed E-state index contributed by atoms with van der Waals surface area (Å²) in [5, 5.41) is 0. The molecule has 0 bridgehead atoms. The topological polar surface area (TPSA) is 57.4 Å². The maximum atomic E-state index is 13.5. The van der Waals surface area contributed by atoms with Crippen LogP contribution in [0.2, 0.25) is 0 Å². The lowest BCUT2D eigenvalue weighted by atomic mass is 10.3. The Hall–Kier alpha value is -2.44. The minimum Gasteiger partial charge on any atom is -0.449 e. The number of alkyl halides is 2. The van der Waals surface area contributed by atoms with Gasteiger partial charge in [0.2, 0.25) is 0 Å². The number of halogens is 3. The predicted molar refractivity (Wildman–Crippen MR) is 61.8 cm³/mol. The van der Waals surface area contributed by atoms with Crippen molar-refractivity contribution in [1.29, 1.82) is 0 Å². The van der Waals surface area contributed by atoms with Gasteiger partial charge in [-0.3, -0.25) is 0 Å². The molecule has 100 valence electrons. The lowest BCUT2D eigenvalue weighted by Crippen LogP contribution is -2.05. The summed E-state index contributed by atoms with van der Waals surface area (Å²) in [7, 11) is 0. The molecule has 0 spiro atoms. The molecule has 0 unspecified atom stereocenters. The minimum absolute atomic E-state index is 0.119. The monoisotopic (exact) mass is 270 g/mol. The van der Waals surface area contributed by atoms with Crippen LogP contribution in [0, 0.1) is 5.82 Å². The van der Waals surface area contributed by atoms with Crippen molar-refractivity contribution in [2.24, 2.45) is 0 Å². The molecule has 1 aromatic heterocycles. The summed E-state index contributed by atoms with van der Waals surface area (Å²) in [4.78, 5) is 3.59. The molecule has 0 fully saturated rings. The first-order valence-corrected chi connectivity index (χ1v) is 5.19. The lowest BCUT2D eigenvalue weighted by molar-refractivity contribution is -0.0541. The molecule has 0 saturated carbocycles. The maximum Gasteiger partial charge on any atom is 0.388 e. The Morgan fingerprint density at radius 1 is 1.16 bits per heavy atom. The Morgan fingerprint density at radius 2 is 1.95 bits per heavy atom. The van der Waals surface area contributed by atoms with Crippen molar-refractivity contribution in [3.05, 3.63) is 42.3 Å².